The summed E-state index contributed by atoms with van der Waals surface area (Å²) in [6.07, 6.45) is 12.4. The van der Waals surface area contributed by atoms with Crippen molar-refractivity contribution in [1.29, 1.82) is 0 Å². The molecule has 0 radical (unpaired) electrons. The van der Waals surface area contributed by atoms with Crippen LogP contribution in [0.25, 0.3) is 0 Å². The van der Waals surface area contributed by atoms with Gasteiger partial charge in [-0.2, -0.15) is 0 Å². The third-order valence-corrected chi connectivity index (χ3v) is 5.74. The molecule has 0 bridgehead atoms. The van der Waals surface area contributed by atoms with Gasteiger partial charge in [-0.15, -0.1) is 0 Å². The van der Waals surface area contributed by atoms with Gasteiger partial charge in [0.25, 0.3) is 0 Å². The smallest absolute Gasteiger partial charge is 0.0576 e. The van der Waals surface area contributed by atoms with Gasteiger partial charge in [0.05, 0.1) is 12.2 Å². The highest BCUT2D eigenvalue weighted by molar-refractivity contribution is 5.39. The predicted molar refractivity (Wildman–Crippen MR) is 126 cm³/mol. The second-order valence-corrected chi connectivity index (χ2v) is 8.17. The molecule has 0 spiro atoms. The van der Waals surface area contributed by atoms with Crippen molar-refractivity contribution < 1.29 is 4.74 Å². The van der Waals surface area contributed by atoms with E-state index >= 15 is 0 Å². The summed E-state index contributed by atoms with van der Waals surface area (Å²) in [5, 5.41) is 0. The highest BCUT2D eigenvalue weighted by atomic mass is 16.5. The number of aryl methyl sites for hydroxylation is 2. The molecule has 2 atom stereocenters. The molecule has 0 saturated heterocycles. The molecule has 0 aliphatic rings. The van der Waals surface area contributed by atoms with E-state index < -0.39 is 0 Å². The Morgan fingerprint density at radius 2 is 1.00 bits per heavy atom. The Kier molecular flexibility index (Phi) is 10.6. The van der Waals surface area contributed by atoms with Crippen LogP contribution in [0, 0.1) is 0 Å². The number of unbranched alkanes of at least 4 members (excludes halogenated alkanes) is 2. The van der Waals surface area contributed by atoms with E-state index in [9.17, 15) is 0 Å². The van der Waals surface area contributed by atoms with Gasteiger partial charge in [-0.1, -0.05) is 51.0 Å². The predicted octanol–water partition coefficient (Wildman–Crippen LogP) is 6.55. The van der Waals surface area contributed by atoms with E-state index in [0.717, 1.165) is 49.9 Å². The fourth-order valence-corrected chi connectivity index (χ4v) is 3.78. The van der Waals surface area contributed by atoms with Gasteiger partial charge in [0.2, 0.25) is 0 Å². The van der Waals surface area contributed by atoms with E-state index in [4.69, 9.17) is 16.2 Å². The summed E-state index contributed by atoms with van der Waals surface area (Å²) in [6.45, 7) is 4.50. The van der Waals surface area contributed by atoms with Crippen LogP contribution in [0.3, 0.4) is 0 Å². The third-order valence-electron chi connectivity index (χ3n) is 5.74. The lowest BCUT2D eigenvalue weighted by Gasteiger charge is -2.23. The molecule has 0 aliphatic carbocycles. The molecule has 0 aromatic heterocycles. The first-order valence-electron chi connectivity index (χ1n) is 11.4. The first kappa shape index (κ1) is 23.3. The van der Waals surface area contributed by atoms with E-state index in [1.807, 2.05) is 24.3 Å². The SMILES string of the molecule is CCC(CCCCc1ccc(N)cc1)OC(CC)CCCCc1ccc(N)cc1. The second kappa shape index (κ2) is 13.3. The third kappa shape index (κ3) is 9.36. The molecule has 2 aromatic carbocycles. The van der Waals surface area contributed by atoms with Crippen molar-refractivity contribution >= 4 is 11.4 Å². The van der Waals surface area contributed by atoms with E-state index in [0.29, 0.717) is 12.2 Å². The lowest BCUT2D eigenvalue weighted by molar-refractivity contribution is -0.0256. The van der Waals surface area contributed by atoms with Crippen LogP contribution in [0.1, 0.15) is 76.3 Å². The molecule has 4 N–H and O–H groups in total. The van der Waals surface area contributed by atoms with Crippen molar-refractivity contribution in [2.24, 2.45) is 0 Å². The maximum atomic E-state index is 6.45. The Morgan fingerprint density at radius 3 is 1.34 bits per heavy atom. The number of benzene rings is 2. The number of ether oxygens (including phenoxy) is 1. The van der Waals surface area contributed by atoms with Crippen LogP contribution in [-0.2, 0) is 17.6 Å². The summed E-state index contributed by atoms with van der Waals surface area (Å²) in [7, 11) is 0. The average molecular weight is 397 g/mol. The van der Waals surface area contributed by atoms with Gasteiger partial charge in [-0.3, -0.25) is 0 Å². The highest BCUT2D eigenvalue weighted by Gasteiger charge is 2.14. The summed E-state index contributed by atoms with van der Waals surface area (Å²) < 4.78 is 6.45. The zero-order valence-electron chi connectivity index (χ0n) is 18.4. The largest absolute Gasteiger partial charge is 0.399 e. The monoisotopic (exact) mass is 396 g/mol. The molecular weight excluding hydrogens is 356 g/mol. The number of anilines is 2. The fourth-order valence-electron chi connectivity index (χ4n) is 3.78. The number of nitrogens with two attached hydrogens (primary N) is 2. The van der Waals surface area contributed by atoms with E-state index in [1.165, 1.54) is 36.8 Å². The van der Waals surface area contributed by atoms with Crippen molar-refractivity contribution in [2.75, 3.05) is 11.5 Å². The minimum atomic E-state index is 0.392. The molecular formula is C26H40N2O. The number of rotatable bonds is 14. The van der Waals surface area contributed by atoms with Crippen LogP contribution in [0.15, 0.2) is 48.5 Å². The Balaban J connectivity index is 1.61. The van der Waals surface area contributed by atoms with Crippen molar-refractivity contribution in [3.8, 4) is 0 Å². The van der Waals surface area contributed by atoms with Crippen LogP contribution in [0.4, 0.5) is 11.4 Å². The van der Waals surface area contributed by atoms with Gasteiger partial charge in [0.15, 0.2) is 0 Å². The standard InChI is InChI=1S/C26H40N2O/c1-3-25(11-7-5-9-21-13-17-23(27)18-14-21)29-26(4-2)12-8-6-10-22-15-19-24(28)20-16-22/h13-20,25-26H,3-12,27-28H2,1-2H3. The molecule has 29 heavy (non-hydrogen) atoms. The Bertz CT molecular complexity index is 607. The zero-order chi connectivity index (χ0) is 20.9. The molecule has 3 nitrogen and oxygen atoms in total. The quantitative estimate of drug-likeness (QED) is 0.281. The number of hydrogen-bond donors (Lipinski definition) is 2. The van der Waals surface area contributed by atoms with Gasteiger partial charge in [0, 0.05) is 11.4 Å². The number of nitrogen functional groups attached to an aromatic ring is 2. The van der Waals surface area contributed by atoms with Crippen molar-refractivity contribution in [3.05, 3.63) is 59.7 Å². The van der Waals surface area contributed by atoms with Gasteiger partial charge >= 0.3 is 0 Å². The molecule has 0 heterocycles. The molecule has 2 unspecified atom stereocenters. The van der Waals surface area contributed by atoms with Gasteiger partial charge in [0.1, 0.15) is 0 Å². The minimum absolute atomic E-state index is 0.392. The van der Waals surface area contributed by atoms with E-state index in [-0.39, 0.29) is 0 Å². The van der Waals surface area contributed by atoms with Crippen LogP contribution < -0.4 is 11.5 Å². The molecule has 2 aromatic rings. The molecule has 2 rings (SSSR count). The molecule has 3 heteroatoms. The maximum Gasteiger partial charge on any atom is 0.0576 e. The van der Waals surface area contributed by atoms with Gasteiger partial charge < -0.3 is 16.2 Å². The Hall–Kier alpha value is -2.00. The van der Waals surface area contributed by atoms with Gasteiger partial charge in [-0.25, -0.2) is 0 Å². The van der Waals surface area contributed by atoms with Crippen molar-refractivity contribution in [2.45, 2.75) is 90.3 Å². The van der Waals surface area contributed by atoms with Crippen LogP contribution >= 0.6 is 0 Å². The van der Waals surface area contributed by atoms with Crippen molar-refractivity contribution in [1.82, 2.24) is 0 Å². The zero-order valence-corrected chi connectivity index (χ0v) is 18.4. The molecule has 160 valence electrons. The summed E-state index contributed by atoms with van der Waals surface area (Å²) in [5.74, 6) is 0. The van der Waals surface area contributed by atoms with Crippen LogP contribution in [-0.4, -0.2) is 12.2 Å². The van der Waals surface area contributed by atoms with Crippen LogP contribution in [0.2, 0.25) is 0 Å². The van der Waals surface area contributed by atoms with Crippen LogP contribution in [0.5, 0.6) is 0 Å². The lowest BCUT2D eigenvalue weighted by Crippen LogP contribution is -2.21. The second-order valence-electron chi connectivity index (χ2n) is 8.17. The minimum Gasteiger partial charge on any atom is -0.399 e. The normalized spacial score (nSPS) is 13.3. The first-order chi connectivity index (χ1) is 14.1. The Morgan fingerprint density at radius 1 is 0.621 bits per heavy atom. The maximum absolute atomic E-state index is 6.45. The van der Waals surface area contributed by atoms with E-state index in [2.05, 4.69) is 38.1 Å². The topological polar surface area (TPSA) is 61.3 Å². The summed E-state index contributed by atoms with van der Waals surface area (Å²) >= 11 is 0. The Labute approximate surface area is 177 Å². The summed E-state index contributed by atoms with van der Waals surface area (Å²) in [5.41, 5.74) is 15.9. The average Bonchev–Trinajstić information content (AvgIpc) is 2.74. The molecule has 0 amide bonds. The molecule has 0 fully saturated rings. The highest BCUT2D eigenvalue weighted by Crippen LogP contribution is 2.19. The summed E-state index contributed by atoms with van der Waals surface area (Å²) in [4.78, 5) is 0. The lowest BCUT2D eigenvalue weighted by atomic mass is 10.0. The van der Waals surface area contributed by atoms with E-state index in [1.54, 1.807) is 0 Å². The first-order valence-corrected chi connectivity index (χ1v) is 11.4. The summed E-state index contributed by atoms with van der Waals surface area (Å²) in [6, 6.07) is 16.5. The van der Waals surface area contributed by atoms with Gasteiger partial charge in [-0.05, 0) is 86.8 Å². The molecule has 0 aliphatic heterocycles. The van der Waals surface area contributed by atoms with Crippen molar-refractivity contribution in [3.63, 3.8) is 0 Å². The number of hydrogen-bond acceptors (Lipinski definition) is 3. The molecule has 0 saturated carbocycles. The fraction of sp³-hybridized carbons (Fsp3) is 0.538.